The third kappa shape index (κ3) is 9.05. The van der Waals surface area contributed by atoms with Gasteiger partial charge in [0.05, 0.1) is 0 Å². The summed E-state index contributed by atoms with van der Waals surface area (Å²) >= 11 is 8.20. The Kier molecular flexibility index (Phi) is 9.82. The molecule has 3 rings (SSSR count). The van der Waals surface area contributed by atoms with Crippen molar-refractivity contribution < 1.29 is 4.79 Å². The molecule has 0 bridgehead atoms. The normalized spacial score (nSPS) is 9.04. The topological polar surface area (TPSA) is 81.1 Å². The van der Waals surface area contributed by atoms with Crippen molar-refractivity contribution in [2.75, 3.05) is 16.8 Å². The van der Waals surface area contributed by atoms with Gasteiger partial charge in [0.25, 0.3) is 0 Å². The molecule has 3 aromatic rings. The first kappa shape index (κ1) is 21.5. The van der Waals surface area contributed by atoms with E-state index in [1.807, 2.05) is 67.6 Å². The summed E-state index contributed by atoms with van der Waals surface area (Å²) < 4.78 is 0. The predicted molar refractivity (Wildman–Crippen MR) is 117 cm³/mol. The Labute approximate surface area is 165 Å². The molecular weight excluding hydrogens is 362 g/mol. The highest BCUT2D eigenvalue weighted by atomic mass is 32.1. The Balaban J connectivity index is 0.000000198. The largest absolute Gasteiger partial charge is 0.399 e. The minimum atomic E-state index is 0.646. The van der Waals surface area contributed by atoms with Gasteiger partial charge in [-0.25, -0.2) is 0 Å². The molecule has 4 nitrogen and oxygen atoms in total. The zero-order valence-corrected chi connectivity index (χ0v) is 16.3. The van der Waals surface area contributed by atoms with Crippen LogP contribution in [0, 0.1) is 6.92 Å². The summed E-state index contributed by atoms with van der Waals surface area (Å²) in [4.78, 5) is 11.7. The van der Waals surface area contributed by atoms with E-state index >= 15 is 0 Å². The van der Waals surface area contributed by atoms with Crippen LogP contribution >= 0.6 is 25.3 Å². The van der Waals surface area contributed by atoms with Gasteiger partial charge < -0.3 is 16.8 Å². The number of carbonyl (C=O) groups excluding carboxylic acids is 1. The maximum atomic E-state index is 9.93. The van der Waals surface area contributed by atoms with Crippen LogP contribution in [0.4, 0.5) is 17.1 Å². The second-order valence-corrected chi connectivity index (χ2v) is 6.28. The van der Waals surface area contributed by atoms with Gasteiger partial charge >= 0.3 is 0 Å². The van der Waals surface area contributed by atoms with Crippen molar-refractivity contribution in [1.29, 1.82) is 0 Å². The number of nitrogens with two attached hydrogens (primary N) is 2. The van der Waals surface area contributed by atoms with Crippen LogP contribution in [0.15, 0.2) is 82.6 Å². The average molecular weight is 386 g/mol. The number of thiol groups is 2. The molecule has 6 heteroatoms. The third-order valence-electron chi connectivity index (χ3n) is 3.08. The van der Waals surface area contributed by atoms with Crippen molar-refractivity contribution in [2.24, 2.45) is 0 Å². The van der Waals surface area contributed by atoms with E-state index in [1.165, 1.54) is 5.56 Å². The van der Waals surface area contributed by atoms with Crippen LogP contribution in [0.1, 0.15) is 5.56 Å². The molecular formula is C20H23N3OS2. The van der Waals surface area contributed by atoms with Crippen molar-refractivity contribution in [3.05, 3.63) is 78.4 Å². The molecule has 0 aliphatic carbocycles. The van der Waals surface area contributed by atoms with E-state index in [0.29, 0.717) is 6.41 Å². The molecule has 0 fully saturated rings. The number of nitrogens with one attached hydrogen (secondary N) is 1. The van der Waals surface area contributed by atoms with Gasteiger partial charge in [-0.3, -0.25) is 4.79 Å². The highest BCUT2D eigenvalue weighted by Crippen LogP contribution is 2.16. The molecule has 0 atom stereocenters. The second-order valence-electron chi connectivity index (χ2n) is 5.28. The highest BCUT2D eigenvalue weighted by Gasteiger charge is 1.90. The fourth-order valence-corrected chi connectivity index (χ4v) is 2.04. The summed E-state index contributed by atoms with van der Waals surface area (Å²) in [7, 11) is 0. The van der Waals surface area contributed by atoms with Crippen LogP contribution in [0.5, 0.6) is 0 Å². The smallest absolute Gasteiger partial charge is 0.211 e. The maximum absolute atomic E-state index is 9.93. The van der Waals surface area contributed by atoms with Gasteiger partial charge in [0.1, 0.15) is 0 Å². The third-order valence-corrected chi connectivity index (χ3v) is 3.78. The number of hydrogen-bond donors (Lipinski definition) is 5. The van der Waals surface area contributed by atoms with E-state index in [9.17, 15) is 4.79 Å². The van der Waals surface area contributed by atoms with E-state index in [1.54, 1.807) is 12.1 Å². The molecule has 136 valence electrons. The first-order valence-corrected chi connectivity index (χ1v) is 8.66. The SMILES string of the molecule is Cc1ccc(S)c(N)c1.Nc1ccccc1.O=CNc1ccc(S)cc1. The molecule has 5 N–H and O–H groups in total. The van der Waals surface area contributed by atoms with Gasteiger partial charge in [0, 0.05) is 26.9 Å². The van der Waals surface area contributed by atoms with Crippen molar-refractivity contribution in [1.82, 2.24) is 0 Å². The number of nitrogen functional groups attached to an aromatic ring is 2. The monoisotopic (exact) mass is 385 g/mol. The Morgan fingerprint density at radius 2 is 1.50 bits per heavy atom. The average Bonchev–Trinajstić information content (AvgIpc) is 2.62. The lowest BCUT2D eigenvalue weighted by atomic mass is 10.2. The summed E-state index contributed by atoms with van der Waals surface area (Å²) in [5.74, 6) is 0. The quantitative estimate of drug-likeness (QED) is 0.252. The maximum Gasteiger partial charge on any atom is 0.211 e. The van der Waals surface area contributed by atoms with Crippen LogP contribution in [0.3, 0.4) is 0 Å². The van der Waals surface area contributed by atoms with Crippen LogP contribution in [-0.4, -0.2) is 6.41 Å². The van der Waals surface area contributed by atoms with Crippen molar-refractivity contribution in [3.8, 4) is 0 Å². The summed E-state index contributed by atoms with van der Waals surface area (Å²) in [6.07, 6.45) is 0.646. The van der Waals surface area contributed by atoms with Crippen LogP contribution < -0.4 is 16.8 Å². The van der Waals surface area contributed by atoms with E-state index in [0.717, 1.165) is 26.9 Å². The molecule has 26 heavy (non-hydrogen) atoms. The molecule has 0 saturated heterocycles. The zero-order valence-electron chi connectivity index (χ0n) is 14.5. The molecule has 0 radical (unpaired) electrons. The van der Waals surface area contributed by atoms with Crippen molar-refractivity contribution in [2.45, 2.75) is 16.7 Å². The predicted octanol–water partition coefficient (Wildman–Crippen LogP) is 4.68. The number of benzene rings is 3. The fraction of sp³-hybridized carbons (Fsp3) is 0.0500. The van der Waals surface area contributed by atoms with Crippen LogP contribution in [0.25, 0.3) is 0 Å². The standard InChI is InChI=1S/C7H7NOS.C7H9NS.C6H7N/c9-5-8-6-1-3-7(10)4-2-6;1-5-2-3-7(9)6(8)4-5;7-6-4-2-1-3-5-6/h1-5,10H,(H,8,9);2-4,9H,8H2,1H3;1-5H,7H2. The Bertz CT molecular complexity index is 794. The summed E-state index contributed by atoms with van der Waals surface area (Å²) in [5.41, 5.74) is 14.4. The van der Waals surface area contributed by atoms with Gasteiger partial charge in [-0.15, -0.1) is 25.3 Å². The van der Waals surface area contributed by atoms with Crippen molar-refractivity contribution in [3.63, 3.8) is 0 Å². The van der Waals surface area contributed by atoms with E-state index in [-0.39, 0.29) is 0 Å². The lowest BCUT2D eigenvalue weighted by molar-refractivity contribution is -0.105. The van der Waals surface area contributed by atoms with Crippen LogP contribution in [0.2, 0.25) is 0 Å². The second kappa shape index (κ2) is 11.9. The first-order chi connectivity index (χ1) is 12.4. The fourth-order valence-electron chi connectivity index (χ4n) is 1.75. The molecule has 0 unspecified atom stereocenters. The molecule has 0 aromatic heterocycles. The lowest BCUT2D eigenvalue weighted by Crippen LogP contribution is -1.91. The Morgan fingerprint density at radius 3 is 1.92 bits per heavy atom. The van der Waals surface area contributed by atoms with Gasteiger partial charge in [-0.05, 0) is 61.0 Å². The van der Waals surface area contributed by atoms with Gasteiger partial charge in [0.2, 0.25) is 6.41 Å². The number of anilines is 3. The molecule has 0 aliphatic heterocycles. The summed E-state index contributed by atoms with van der Waals surface area (Å²) in [5, 5.41) is 2.52. The van der Waals surface area contributed by atoms with E-state index < -0.39 is 0 Å². The minimum Gasteiger partial charge on any atom is -0.399 e. The zero-order chi connectivity index (χ0) is 19.4. The number of rotatable bonds is 2. The number of carbonyl (C=O) groups is 1. The Morgan fingerprint density at radius 1 is 0.885 bits per heavy atom. The Hall–Kier alpha value is -2.57. The highest BCUT2D eigenvalue weighted by molar-refractivity contribution is 7.80. The van der Waals surface area contributed by atoms with Gasteiger partial charge in [-0.2, -0.15) is 0 Å². The summed E-state index contributed by atoms with van der Waals surface area (Å²) in [6.45, 7) is 2.00. The summed E-state index contributed by atoms with van der Waals surface area (Å²) in [6, 6.07) is 22.5. The number of aryl methyl sites for hydroxylation is 1. The molecule has 0 heterocycles. The van der Waals surface area contributed by atoms with Crippen LogP contribution in [-0.2, 0) is 4.79 Å². The first-order valence-electron chi connectivity index (χ1n) is 7.77. The van der Waals surface area contributed by atoms with Gasteiger partial charge in [0.15, 0.2) is 0 Å². The number of amides is 1. The van der Waals surface area contributed by atoms with E-state index in [4.69, 9.17) is 11.5 Å². The lowest BCUT2D eigenvalue weighted by Gasteiger charge is -1.97. The molecule has 3 aromatic carbocycles. The van der Waals surface area contributed by atoms with Gasteiger partial charge in [-0.1, -0.05) is 24.3 Å². The molecule has 0 aliphatic rings. The van der Waals surface area contributed by atoms with Crippen molar-refractivity contribution >= 4 is 48.7 Å². The molecule has 0 saturated carbocycles. The molecule has 1 amide bonds. The molecule has 0 spiro atoms. The number of hydrogen-bond acceptors (Lipinski definition) is 5. The van der Waals surface area contributed by atoms with E-state index in [2.05, 4.69) is 30.6 Å². The minimum absolute atomic E-state index is 0.646. The number of para-hydroxylation sites is 1.